The molecule has 0 radical (unpaired) electrons. The Morgan fingerprint density at radius 3 is 2.02 bits per heavy atom. The number of hydrogen-bond acceptors (Lipinski definition) is 5. The van der Waals surface area contributed by atoms with E-state index >= 15 is 0 Å². The molecule has 0 fully saturated rings. The van der Waals surface area contributed by atoms with Crippen molar-refractivity contribution in [2.24, 2.45) is 0 Å². The first-order valence-electron chi connectivity index (χ1n) is 16.9. The highest BCUT2D eigenvalue weighted by Crippen LogP contribution is 2.32. The average molecular weight is 654 g/mol. The third kappa shape index (κ3) is 9.05. The second-order valence-corrected chi connectivity index (χ2v) is 13.8. The van der Waals surface area contributed by atoms with E-state index in [0.29, 0.717) is 12.0 Å². The van der Waals surface area contributed by atoms with Crippen molar-refractivity contribution in [3.05, 3.63) is 142 Å². The molecule has 0 aliphatic carbocycles. The van der Waals surface area contributed by atoms with Crippen LogP contribution in [0.15, 0.2) is 103 Å². The summed E-state index contributed by atoms with van der Waals surface area (Å²) in [5.74, 6) is 0.388. The Morgan fingerprint density at radius 1 is 0.816 bits per heavy atom. The smallest absolute Gasteiger partial charge is 0.338 e. The van der Waals surface area contributed by atoms with Crippen LogP contribution in [-0.2, 0) is 22.4 Å². The summed E-state index contributed by atoms with van der Waals surface area (Å²) >= 11 is 0. The summed E-state index contributed by atoms with van der Waals surface area (Å²) in [5, 5.41) is 3.14. The van der Waals surface area contributed by atoms with E-state index in [1.54, 1.807) is 12.1 Å². The summed E-state index contributed by atoms with van der Waals surface area (Å²) in [6.45, 7) is 12.8. The highest BCUT2D eigenvalue weighted by atomic mass is 16.6. The Hall–Kier alpha value is -5.16. The van der Waals surface area contributed by atoms with Gasteiger partial charge in [-0.1, -0.05) is 72.3 Å². The summed E-state index contributed by atoms with van der Waals surface area (Å²) in [7, 11) is 1.94. The number of nitrogens with one attached hydrogen (secondary N) is 1. The Labute approximate surface area is 291 Å². The van der Waals surface area contributed by atoms with E-state index < -0.39 is 5.60 Å². The third-order valence-corrected chi connectivity index (χ3v) is 8.71. The van der Waals surface area contributed by atoms with Crippen molar-refractivity contribution in [1.82, 2.24) is 0 Å². The molecule has 5 aromatic rings. The SMILES string of the molecule is CC(C)(C)OC(=O)c1ccc(CC(C=O)c2ccc(-c3ccc4c(c3)CCO4)cc2)cc1.CNc1ccc(-c2c(C)cc(C)cc2C)cc1. The number of ether oxygens (including phenoxy) is 2. The average Bonchev–Trinajstić information content (AvgIpc) is 3.55. The van der Waals surface area contributed by atoms with Crippen molar-refractivity contribution in [2.75, 3.05) is 19.0 Å². The predicted octanol–water partition coefficient (Wildman–Crippen LogP) is 10.1. The van der Waals surface area contributed by atoms with Gasteiger partial charge in [0.1, 0.15) is 17.6 Å². The number of aldehydes is 1. The maximum atomic E-state index is 12.2. The number of benzene rings is 5. The Balaban J connectivity index is 0.000000232. The van der Waals surface area contributed by atoms with E-state index in [-0.39, 0.29) is 11.9 Å². The number of aryl methyl sites for hydroxylation is 3. The molecular formula is C44H47NO4. The second-order valence-electron chi connectivity index (χ2n) is 13.8. The van der Waals surface area contributed by atoms with E-state index in [1.165, 1.54) is 33.4 Å². The summed E-state index contributed by atoms with van der Waals surface area (Å²) in [6.07, 6.45) is 2.51. The summed E-state index contributed by atoms with van der Waals surface area (Å²) in [6, 6.07) is 34.8. The lowest BCUT2D eigenvalue weighted by atomic mass is 9.91. The van der Waals surface area contributed by atoms with Crippen molar-refractivity contribution >= 4 is 17.9 Å². The van der Waals surface area contributed by atoms with E-state index in [0.717, 1.165) is 53.0 Å². The predicted molar refractivity (Wildman–Crippen MR) is 201 cm³/mol. The minimum Gasteiger partial charge on any atom is -0.493 e. The molecule has 0 aromatic heterocycles. The standard InChI is InChI=1S/C28H28O4.C16H19N/c1-28(2,3)32-27(30)22-6-4-19(5-7-22)16-25(18-29)21-10-8-20(9-11-21)23-12-13-26-24(17-23)14-15-31-26;1-11-9-12(2)16(13(3)10-11)14-5-7-15(17-4)8-6-14/h4-13,17-18,25H,14-16H2,1-3H3;5-10,17H,1-4H3. The Bertz CT molecular complexity index is 1880. The molecule has 1 unspecified atom stereocenters. The fourth-order valence-corrected chi connectivity index (χ4v) is 6.34. The number of carbonyl (C=O) groups is 2. The van der Waals surface area contributed by atoms with Crippen molar-refractivity contribution in [3.8, 4) is 28.0 Å². The van der Waals surface area contributed by atoms with Gasteiger partial charge < -0.3 is 19.6 Å². The molecule has 0 amide bonds. The maximum absolute atomic E-state index is 12.2. The molecule has 6 rings (SSSR count). The third-order valence-electron chi connectivity index (χ3n) is 8.71. The zero-order valence-electron chi connectivity index (χ0n) is 29.7. The quantitative estimate of drug-likeness (QED) is 0.133. The molecule has 5 nitrogen and oxygen atoms in total. The van der Waals surface area contributed by atoms with Crippen LogP contribution in [0.2, 0.25) is 0 Å². The minimum atomic E-state index is -0.530. The summed E-state index contributed by atoms with van der Waals surface area (Å²) in [5.41, 5.74) is 13.3. The fraction of sp³-hybridized carbons (Fsp3) is 0.273. The van der Waals surface area contributed by atoms with Crippen LogP contribution in [0.25, 0.3) is 22.3 Å². The molecule has 0 saturated carbocycles. The first kappa shape index (κ1) is 35.2. The molecule has 1 atom stereocenters. The van der Waals surface area contributed by atoms with Gasteiger partial charge in [-0.25, -0.2) is 4.79 Å². The van der Waals surface area contributed by atoms with E-state index in [9.17, 15) is 9.59 Å². The van der Waals surface area contributed by atoms with Crippen LogP contribution in [-0.4, -0.2) is 31.5 Å². The number of rotatable bonds is 8. The topological polar surface area (TPSA) is 64.6 Å². The van der Waals surface area contributed by atoms with E-state index in [2.05, 4.69) is 86.8 Å². The molecule has 49 heavy (non-hydrogen) atoms. The highest BCUT2D eigenvalue weighted by molar-refractivity contribution is 5.89. The first-order valence-corrected chi connectivity index (χ1v) is 16.9. The van der Waals surface area contributed by atoms with Gasteiger partial charge in [0, 0.05) is 25.1 Å². The maximum Gasteiger partial charge on any atom is 0.338 e. The zero-order chi connectivity index (χ0) is 35.1. The highest BCUT2D eigenvalue weighted by Gasteiger charge is 2.19. The largest absolute Gasteiger partial charge is 0.493 e. The summed E-state index contributed by atoms with van der Waals surface area (Å²) < 4.78 is 11.0. The van der Waals surface area contributed by atoms with E-state index in [1.807, 2.05) is 58.2 Å². The van der Waals surface area contributed by atoms with Crippen LogP contribution in [0.1, 0.15) is 70.4 Å². The van der Waals surface area contributed by atoms with Crippen molar-refractivity contribution in [1.29, 1.82) is 0 Å². The van der Waals surface area contributed by atoms with Crippen LogP contribution < -0.4 is 10.1 Å². The lowest BCUT2D eigenvalue weighted by molar-refractivity contribution is -0.109. The normalized spacial score (nSPS) is 12.6. The lowest BCUT2D eigenvalue weighted by Crippen LogP contribution is -2.23. The monoisotopic (exact) mass is 653 g/mol. The Morgan fingerprint density at radius 2 is 1.43 bits per heavy atom. The second kappa shape index (κ2) is 15.4. The lowest BCUT2D eigenvalue weighted by Gasteiger charge is -2.19. The van der Waals surface area contributed by atoms with Gasteiger partial charge in [-0.15, -0.1) is 0 Å². The van der Waals surface area contributed by atoms with Crippen molar-refractivity contribution < 1.29 is 19.1 Å². The number of fused-ring (bicyclic) bond motifs is 1. The molecule has 1 aliphatic heterocycles. The molecule has 0 spiro atoms. The van der Waals surface area contributed by atoms with Crippen molar-refractivity contribution in [3.63, 3.8) is 0 Å². The van der Waals surface area contributed by atoms with Gasteiger partial charge in [0.05, 0.1) is 12.2 Å². The van der Waals surface area contributed by atoms with Crippen molar-refractivity contribution in [2.45, 2.75) is 65.9 Å². The van der Waals surface area contributed by atoms with Gasteiger partial charge in [-0.3, -0.25) is 0 Å². The zero-order valence-corrected chi connectivity index (χ0v) is 29.7. The number of hydrogen-bond donors (Lipinski definition) is 1. The first-order chi connectivity index (χ1) is 23.4. The van der Waals surface area contributed by atoms with Crippen LogP contribution in [0, 0.1) is 20.8 Å². The molecule has 1 N–H and O–H groups in total. The summed E-state index contributed by atoms with van der Waals surface area (Å²) in [4.78, 5) is 24.0. The molecule has 1 aliphatic rings. The van der Waals surface area contributed by atoms with Crippen LogP contribution >= 0.6 is 0 Å². The van der Waals surface area contributed by atoms with Gasteiger partial charge in [0.15, 0.2) is 0 Å². The fourth-order valence-electron chi connectivity index (χ4n) is 6.34. The van der Waals surface area contributed by atoms with Crippen LogP contribution in [0.5, 0.6) is 5.75 Å². The molecule has 252 valence electrons. The van der Waals surface area contributed by atoms with Crippen LogP contribution in [0.3, 0.4) is 0 Å². The van der Waals surface area contributed by atoms with Gasteiger partial charge in [0.25, 0.3) is 0 Å². The molecule has 1 heterocycles. The molecular weight excluding hydrogens is 606 g/mol. The molecule has 0 bridgehead atoms. The number of carbonyl (C=O) groups excluding carboxylic acids is 2. The molecule has 5 aromatic carbocycles. The number of anilines is 1. The minimum absolute atomic E-state index is 0.246. The van der Waals surface area contributed by atoms with Gasteiger partial charge in [0.2, 0.25) is 0 Å². The Kier molecular flexibility index (Phi) is 11.0. The van der Waals surface area contributed by atoms with Gasteiger partial charge in [-0.2, -0.15) is 0 Å². The molecule has 0 saturated heterocycles. The van der Waals surface area contributed by atoms with Crippen LogP contribution in [0.4, 0.5) is 5.69 Å². The van der Waals surface area contributed by atoms with Gasteiger partial charge in [-0.05, 0) is 134 Å². The van der Waals surface area contributed by atoms with E-state index in [4.69, 9.17) is 9.47 Å². The molecule has 5 heteroatoms. The van der Waals surface area contributed by atoms with Gasteiger partial charge >= 0.3 is 5.97 Å². The number of esters is 1.